The number of hydrogen-bond acceptors (Lipinski definition) is 4. The summed E-state index contributed by atoms with van der Waals surface area (Å²) < 4.78 is 22.5. The molecule has 15 heavy (non-hydrogen) atoms. The average Bonchev–Trinajstić information content (AvgIpc) is 2.18. The van der Waals surface area contributed by atoms with E-state index in [0.717, 1.165) is 24.3 Å². The van der Waals surface area contributed by atoms with Crippen molar-refractivity contribution in [3.63, 3.8) is 0 Å². The molecule has 0 aromatic heterocycles. The fourth-order valence-corrected chi connectivity index (χ4v) is 1.64. The summed E-state index contributed by atoms with van der Waals surface area (Å²) in [6.45, 7) is 0. The zero-order valence-electron chi connectivity index (χ0n) is 7.27. The molecule has 0 fully saturated rings. The Kier molecular flexibility index (Phi) is 2.93. The third-order valence-electron chi connectivity index (χ3n) is 1.56. The summed E-state index contributed by atoms with van der Waals surface area (Å²) in [7, 11) is -3.82. The minimum absolute atomic E-state index is 0.175. The molecule has 0 bridgehead atoms. The standard InChI is InChI=1S/C7H5N3O4S/c8-9-5-15(13,14)7-3-1-6(2-4-7)10(11)12/h1-5H. The predicted octanol–water partition coefficient (Wildman–Crippen LogP) is 0.627. The number of benzene rings is 1. The average molecular weight is 227 g/mol. The van der Waals surface area contributed by atoms with E-state index < -0.39 is 14.8 Å². The molecule has 0 spiro atoms. The van der Waals surface area contributed by atoms with Gasteiger partial charge in [-0.2, -0.15) is 4.79 Å². The van der Waals surface area contributed by atoms with Gasteiger partial charge in [0.15, 0.2) is 0 Å². The van der Waals surface area contributed by atoms with Gasteiger partial charge in [0.1, 0.15) is 0 Å². The predicted molar refractivity (Wildman–Crippen MR) is 50.0 cm³/mol. The first kappa shape index (κ1) is 11.0. The molecule has 0 heterocycles. The third kappa shape index (κ3) is 2.46. The first-order chi connectivity index (χ1) is 6.97. The highest BCUT2D eigenvalue weighted by atomic mass is 32.2. The SMILES string of the molecule is [N-]=[N+]=CS(=O)(=O)c1ccc([N+](=O)[O-])cc1. The van der Waals surface area contributed by atoms with Crippen LogP contribution in [-0.4, -0.2) is 23.7 Å². The van der Waals surface area contributed by atoms with Gasteiger partial charge in [0.05, 0.1) is 9.82 Å². The normalized spacial score (nSPS) is 10.4. The Labute approximate surface area is 84.7 Å². The van der Waals surface area contributed by atoms with Crippen LogP contribution >= 0.6 is 0 Å². The molecule has 0 amide bonds. The van der Waals surface area contributed by atoms with Gasteiger partial charge in [-0.05, 0) is 12.1 Å². The van der Waals surface area contributed by atoms with Crippen LogP contribution in [0, 0.1) is 10.1 Å². The highest BCUT2D eigenvalue weighted by Crippen LogP contribution is 2.15. The molecular weight excluding hydrogens is 222 g/mol. The van der Waals surface area contributed by atoms with Crippen LogP contribution in [0.3, 0.4) is 0 Å². The first-order valence-corrected chi connectivity index (χ1v) is 5.19. The summed E-state index contributed by atoms with van der Waals surface area (Å²) >= 11 is 0. The van der Waals surface area contributed by atoms with Crippen LogP contribution in [-0.2, 0) is 9.84 Å². The van der Waals surface area contributed by atoms with E-state index in [9.17, 15) is 18.5 Å². The van der Waals surface area contributed by atoms with Gasteiger partial charge in [-0.15, -0.1) is 0 Å². The maximum Gasteiger partial charge on any atom is 0.374 e. The maximum absolute atomic E-state index is 11.2. The van der Waals surface area contributed by atoms with Crippen molar-refractivity contribution >= 4 is 21.1 Å². The van der Waals surface area contributed by atoms with Crippen molar-refractivity contribution in [1.29, 1.82) is 0 Å². The summed E-state index contributed by atoms with van der Waals surface area (Å²) in [4.78, 5) is 11.9. The molecule has 0 saturated heterocycles. The van der Waals surface area contributed by atoms with Crippen LogP contribution < -0.4 is 0 Å². The van der Waals surface area contributed by atoms with Crippen molar-refractivity contribution in [1.82, 2.24) is 0 Å². The Bertz CT molecular complexity index is 528. The van der Waals surface area contributed by atoms with E-state index in [1.54, 1.807) is 0 Å². The molecule has 78 valence electrons. The van der Waals surface area contributed by atoms with Gasteiger partial charge >= 0.3 is 5.55 Å². The lowest BCUT2D eigenvalue weighted by Crippen LogP contribution is -2.02. The van der Waals surface area contributed by atoms with E-state index >= 15 is 0 Å². The third-order valence-corrected chi connectivity index (χ3v) is 2.86. The van der Waals surface area contributed by atoms with E-state index in [1.165, 1.54) is 0 Å². The lowest BCUT2D eigenvalue weighted by molar-refractivity contribution is -0.384. The minimum atomic E-state index is -3.82. The smallest absolute Gasteiger partial charge is 0.361 e. The number of nitrogens with zero attached hydrogens (tertiary/aromatic N) is 3. The maximum atomic E-state index is 11.2. The summed E-state index contributed by atoms with van der Waals surface area (Å²) in [6.07, 6.45) is 0. The molecule has 0 aliphatic heterocycles. The fraction of sp³-hybridized carbons (Fsp3) is 0. The Balaban J connectivity index is 3.21. The number of rotatable bonds is 3. The van der Waals surface area contributed by atoms with Gasteiger partial charge in [0, 0.05) is 12.1 Å². The molecule has 0 aliphatic carbocycles. The van der Waals surface area contributed by atoms with Crippen LogP contribution in [0.25, 0.3) is 5.53 Å². The molecule has 8 heteroatoms. The summed E-state index contributed by atoms with van der Waals surface area (Å²) in [5, 5.41) is 10.3. The van der Waals surface area contributed by atoms with Crippen molar-refractivity contribution < 1.29 is 18.1 Å². The van der Waals surface area contributed by atoms with E-state index in [2.05, 4.69) is 4.79 Å². The Morgan fingerprint density at radius 1 is 1.33 bits per heavy atom. The lowest BCUT2D eigenvalue weighted by atomic mass is 10.3. The quantitative estimate of drug-likeness (QED) is 0.188. The van der Waals surface area contributed by atoms with Gasteiger partial charge in [-0.3, -0.25) is 10.1 Å². The number of hydrogen-bond donors (Lipinski definition) is 0. The van der Waals surface area contributed by atoms with Crippen molar-refractivity contribution in [2.24, 2.45) is 0 Å². The second-order valence-corrected chi connectivity index (χ2v) is 4.29. The first-order valence-electron chi connectivity index (χ1n) is 3.64. The van der Waals surface area contributed by atoms with Crippen LogP contribution in [0.1, 0.15) is 0 Å². The van der Waals surface area contributed by atoms with E-state index in [4.69, 9.17) is 5.53 Å². The van der Waals surface area contributed by atoms with Gasteiger partial charge in [0.2, 0.25) is 0 Å². The van der Waals surface area contributed by atoms with Crippen LogP contribution in [0.15, 0.2) is 29.2 Å². The van der Waals surface area contributed by atoms with Gasteiger partial charge in [-0.25, -0.2) is 8.42 Å². The van der Waals surface area contributed by atoms with Crippen LogP contribution in [0.4, 0.5) is 5.69 Å². The highest BCUT2D eigenvalue weighted by molar-refractivity contribution is 8.04. The second-order valence-electron chi connectivity index (χ2n) is 2.52. The zero-order valence-corrected chi connectivity index (χ0v) is 8.09. The molecule has 0 N–H and O–H groups in total. The molecule has 1 aromatic carbocycles. The largest absolute Gasteiger partial charge is 0.374 e. The van der Waals surface area contributed by atoms with Gasteiger partial charge in [-0.1, -0.05) is 0 Å². The Morgan fingerprint density at radius 2 is 1.87 bits per heavy atom. The molecule has 0 radical (unpaired) electrons. The van der Waals surface area contributed by atoms with Crippen molar-refractivity contribution in [3.05, 3.63) is 39.9 Å². The number of non-ortho nitro benzene ring substituents is 1. The Morgan fingerprint density at radius 3 is 2.27 bits per heavy atom. The molecule has 0 unspecified atom stereocenters. The molecule has 0 saturated carbocycles. The molecule has 1 aromatic rings. The zero-order chi connectivity index (χ0) is 11.5. The molecule has 0 aliphatic rings. The van der Waals surface area contributed by atoms with Crippen molar-refractivity contribution in [2.75, 3.05) is 0 Å². The van der Waals surface area contributed by atoms with E-state index in [-0.39, 0.29) is 10.6 Å². The van der Waals surface area contributed by atoms with E-state index in [0.29, 0.717) is 5.55 Å². The number of nitro benzene ring substituents is 1. The van der Waals surface area contributed by atoms with Crippen LogP contribution in [0.5, 0.6) is 0 Å². The minimum Gasteiger partial charge on any atom is -0.361 e. The van der Waals surface area contributed by atoms with Gasteiger partial charge in [0.25, 0.3) is 15.5 Å². The molecule has 7 nitrogen and oxygen atoms in total. The molecule has 0 atom stereocenters. The van der Waals surface area contributed by atoms with Crippen molar-refractivity contribution in [3.8, 4) is 0 Å². The van der Waals surface area contributed by atoms with Crippen LogP contribution in [0.2, 0.25) is 0 Å². The second kappa shape index (κ2) is 3.99. The molecular formula is C7H5N3O4S. The topological polar surface area (TPSA) is 114 Å². The highest BCUT2D eigenvalue weighted by Gasteiger charge is 2.17. The van der Waals surface area contributed by atoms with Crippen molar-refractivity contribution in [2.45, 2.75) is 4.90 Å². The summed E-state index contributed by atoms with van der Waals surface area (Å²) in [6, 6.07) is 4.24. The van der Waals surface area contributed by atoms with E-state index in [1.807, 2.05) is 0 Å². The Hall–Kier alpha value is -2.05. The summed E-state index contributed by atoms with van der Waals surface area (Å²) in [5.41, 5.74) is 8.23. The lowest BCUT2D eigenvalue weighted by Gasteiger charge is -1.94. The number of sulfone groups is 1. The fourth-order valence-electron chi connectivity index (χ4n) is 0.880. The molecule has 1 rings (SSSR count). The van der Waals surface area contributed by atoms with Gasteiger partial charge < -0.3 is 5.53 Å². The monoisotopic (exact) mass is 227 g/mol. The summed E-state index contributed by atoms with van der Waals surface area (Å²) in [5.74, 6) is 0. The number of nitro groups is 1.